The van der Waals surface area contributed by atoms with E-state index in [-0.39, 0.29) is 0 Å². The minimum atomic E-state index is 0.435. The molecule has 0 bridgehead atoms. The molecule has 0 aliphatic carbocycles. The third-order valence-electron chi connectivity index (χ3n) is 3.29. The Labute approximate surface area is 121 Å². The van der Waals surface area contributed by atoms with Crippen LogP contribution in [0, 0.1) is 0 Å². The number of nitrogens with zero attached hydrogens (tertiary/aromatic N) is 2. The number of hydrogen-bond acceptors (Lipinski definition) is 3. The molecule has 0 spiro atoms. The molecule has 0 unspecified atom stereocenters. The van der Waals surface area contributed by atoms with Gasteiger partial charge in [0.2, 0.25) is 0 Å². The van der Waals surface area contributed by atoms with Crippen molar-refractivity contribution in [2.24, 2.45) is 5.73 Å². The van der Waals surface area contributed by atoms with Gasteiger partial charge in [0.05, 0.1) is 7.11 Å². The van der Waals surface area contributed by atoms with Gasteiger partial charge in [0.15, 0.2) is 0 Å². The molecule has 0 aliphatic heterocycles. The van der Waals surface area contributed by atoms with Gasteiger partial charge in [-0.2, -0.15) is 0 Å². The van der Waals surface area contributed by atoms with E-state index >= 15 is 0 Å². The van der Waals surface area contributed by atoms with Crippen molar-refractivity contribution in [2.45, 2.75) is 6.54 Å². The van der Waals surface area contributed by atoms with Crippen molar-refractivity contribution in [3.8, 4) is 16.9 Å². The van der Waals surface area contributed by atoms with Gasteiger partial charge in [-0.15, -0.1) is 0 Å². The summed E-state index contributed by atoms with van der Waals surface area (Å²) in [6.07, 6.45) is 5.68. The number of halogens is 1. The number of fused-ring (bicyclic) bond motifs is 1. The monoisotopic (exact) mass is 287 g/mol. The lowest BCUT2D eigenvalue weighted by Gasteiger charge is -2.13. The highest BCUT2D eigenvalue weighted by molar-refractivity contribution is 6.30. The van der Waals surface area contributed by atoms with E-state index in [0.29, 0.717) is 11.6 Å². The van der Waals surface area contributed by atoms with Gasteiger partial charge in [-0.3, -0.25) is 0 Å². The molecule has 1 aromatic carbocycles. The Kier molecular flexibility index (Phi) is 3.34. The fourth-order valence-corrected chi connectivity index (χ4v) is 2.46. The van der Waals surface area contributed by atoms with Gasteiger partial charge < -0.3 is 14.9 Å². The minimum absolute atomic E-state index is 0.435. The van der Waals surface area contributed by atoms with E-state index in [1.807, 2.05) is 35.0 Å². The Bertz CT molecular complexity index is 767. The average Bonchev–Trinajstić information content (AvgIpc) is 2.92. The Morgan fingerprint density at radius 1 is 1.30 bits per heavy atom. The number of methoxy groups -OCH3 is 1. The van der Waals surface area contributed by atoms with Crippen LogP contribution >= 0.6 is 11.6 Å². The lowest BCUT2D eigenvalue weighted by atomic mass is 10.0. The second kappa shape index (κ2) is 5.15. The summed E-state index contributed by atoms with van der Waals surface area (Å²) in [6, 6.07) is 7.58. The predicted molar refractivity (Wildman–Crippen MR) is 80.1 cm³/mol. The first kappa shape index (κ1) is 13.0. The number of pyridine rings is 1. The molecule has 102 valence electrons. The number of hydrogen-bond donors (Lipinski definition) is 1. The molecule has 0 aliphatic rings. The highest BCUT2D eigenvalue weighted by Crippen LogP contribution is 2.34. The van der Waals surface area contributed by atoms with Crippen LogP contribution in [0.15, 0.2) is 42.9 Å². The SMILES string of the molecule is COc1cc(Cl)ccc1-c1cn2ccnc2cc1CN. The normalized spacial score (nSPS) is 10.9. The maximum atomic E-state index is 6.01. The topological polar surface area (TPSA) is 52.5 Å². The molecule has 0 fully saturated rings. The molecule has 2 aromatic heterocycles. The molecule has 2 heterocycles. The molecule has 0 saturated heterocycles. The fourth-order valence-electron chi connectivity index (χ4n) is 2.30. The Balaban J connectivity index is 2.27. The van der Waals surface area contributed by atoms with Crippen molar-refractivity contribution in [1.82, 2.24) is 9.38 Å². The van der Waals surface area contributed by atoms with E-state index in [0.717, 1.165) is 28.1 Å². The first-order valence-corrected chi connectivity index (χ1v) is 6.60. The second-order valence-corrected chi connectivity index (χ2v) is 4.89. The van der Waals surface area contributed by atoms with Crippen molar-refractivity contribution >= 4 is 17.2 Å². The Morgan fingerprint density at radius 3 is 2.90 bits per heavy atom. The highest BCUT2D eigenvalue weighted by atomic mass is 35.5. The van der Waals surface area contributed by atoms with Crippen molar-refractivity contribution in [2.75, 3.05) is 7.11 Å². The smallest absolute Gasteiger partial charge is 0.136 e. The van der Waals surface area contributed by atoms with Gasteiger partial charge in [-0.1, -0.05) is 11.6 Å². The maximum absolute atomic E-state index is 6.01. The van der Waals surface area contributed by atoms with Crippen molar-refractivity contribution in [3.05, 3.63) is 53.4 Å². The van der Waals surface area contributed by atoms with E-state index in [2.05, 4.69) is 4.98 Å². The van der Waals surface area contributed by atoms with Gasteiger partial charge in [-0.25, -0.2) is 4.98 Å². The number of ether oxygens (including phenoxy) is 1. The van der Waals surface area contributed by atoms with E-state index in [9.17, 15) is 0 Å². The zero-order valence-electron chi connectivity index (χ0n) is 11.0. The maximum Gasteiger partial charge on any atom is 0.136 e. The van der Waals surface area contributed by atoms with Crippen LogP contribution in [0.4, 0.5) is 0 Å². The van der Waals surface area contributed by atoms with Crippen LogP contribution in [0.5, 0.6) is 5.75 Å². The zero-order valence-corrected chi connectivity index (χ0v) is 11.8. The summed E-state index contributed by atoms with van der Waals surface area (Å²) in [7, 11) is 1.63. The first-order valence-electron chi connectivity index (χ1n) is 6.22. The zero-order chi connectivity index (χ0) is 14.1. The molecule has 0 radical (unpaired) electrons. The van der Waals surface area contributed by atoms with Crippen LogP contribution in [0.3, 0.4) is 0 Å². The number of imidazole rings is 1. The fraction of sp³-hybridized carbons (Fsp3) is 0.133. The van der Waals surface area contributed by atoms with Crippen molar-refractivity contribution in [1.29, 1.82) is 0 Å². The summed E-state index contributed by atoms with van der Waals surface area (Å²) in [5.74, 6) is 0.728. The van der Waals surface area contributed by atoms with Crippen LogP contribution in [0.2, 0.25) is 5.02 Å². The summed E-state index contributed by atoms with van der Waals surface area (Å²) in [5.41, 5.74) is 9.75. The third-order valence-corrected chi connectivity index (χ3v) is 3.52. The lowest BCUT2D eigenvalue weighted by Crippen LogP contribution is -2.02. The average molecular weight is 288 g/mol. The molecule has 3 rings (SSSR count). The Hall–Kier alpha value is -2.04. The predicted octanol–water partition coefficient (Wildman–Crippen LogP) is 3.12. The number of aromatic nitrogens is 2. The number of rotatable bonds is 3. The first-order chi connectivity index (χ1) is 9.72. The van der Waals surface area contributed by atoms with Gasteiger partial charge >= 0.3 is 0 Å². The van der Waals surface area contributed by atoms with E-state index in [4.69, 9.17) is 22.1 Å². The van der Waals surface area contributed by atoms with Gasteiger partial charge in [-0.05, 0) is 29.8 Å². The van der Waals surface area contributed by atoms with Gasteiger partial charge in [0, 0.05) is 41.3 Å². The molecule has 0 atom stereocenters. The summed E-state index contributed by atoms with van der Waals surface area (Å²) < 4.78 is 7.38. The summed E-state index contributed by atoms with van der Waals surface area (Å²) in [5, 5.41) is 0.642. The van der Waals surface area contributed by atoms with Crippen LogP contribution in [0.25, 0.3) is 16.8 Å². The van der Waals surface area contributed by atoms with Crippen LogP contribution in [0.1, 0.15) is 5.56 Å². The van der Waals surface area contributed by atoms with E-state index < -0.39 is 0 Å². The molecule has 5 heteroatoms. The molecule has 20 heavy (non-hydrogen) atoms. The molecule has 0 saturated carbocycles. The highest BCUT2D eigenvalue weighted by Gasteiger charge is 2.12. The number of benzene rings is 1. The standard InChI is InChI=1S/C15H14ClN3O/c1-20-14-7-11(16)2-3-12(14)13-9-19-5-4-18-15(19)6-10(13)8-17/h2-7,9H,8,17H2,1H3. The Morgan fingerprint density at radius 2 is 2.15 bits per heavy atom. The molecule has 2 N–H and O–H groups in total. The largest absolute Gasteiger partial charge is 0.496 e. The molecular formula is C15H14ClN3O. The quantitative estimate of drug-likeness (QED) is 0.805. The molecule has 3 aromatic rings. The van der Waals surface area contributed by atoms with E-state index in [1.165, 1.54) is 0 Å². The number of nitrogens with two attached hydrogens (primary N) is 1. The summed E-state index contributed by atoms with van der Waals surface area (Å²) >= 11 is 6.01. The summed E-state index contributed by atoms with van der Waals surface area (Å²) in [4.78, 5) is 4.27. The van der Waals surface area contributed by atoms with Gasteiger partial charge in [0.1, 0.15) is 11.4 Å². The van der Waals surface area contributed by atoms with Crippen molar-refractivity contribution < 1.29 is 4.74 Å². The second-order valence-electron chi connectivity index (χ2n) is 4.45. The van der Waals surface area contributed by atoms with E-state index in [1.54, 1.807) is 19.4 Å². The molecular weight excluding hydrogens is 274 g/mol. The lowest BCUT2D eigenvalue weighted by molar-refractivity contribution is 0.416. The minimum Gasteiger partial charge on any atom is -0.496 e. The molecule has 4 nitrogen and oxygen atoms in total. The van der Waals surface area contributed by atoms with Gasteiger partial charge in [0.25, 0.3) is 0 Å². The van der Waals surface area contributed by atoms with Crippen molar-refractivity contribution in [3.63, 3.8) is 0 Å². The third kappa shape index (κ3) is 2.13. The summed E-state index contributed by atoms with van der Waals surface area (Å²) in [6.45, 7) is 0.435. The van der Waals surface area contributed by atoms with Crippen LogP contribution in [-0.2, 0) is 6.54 Å². The van der Waals surface area contributed by atoms with Crippen LogP contribution < -0.4 is 10.5 Å². The van der Waals surface area contributed by atoms with Crippen LogP contribution in [-0.4, -0.2) is 16.5 Å². The molecule has 0 amide bonds.